The van der Waals surface area contributed by atoms with Gasteiger partial charge < -0.3 is 4.90 Å². The maximum absolute atomic E-state index is 11.5. The molecule has 1 heterocycles. The number of likely N-dealkylation sites (tertiary alicyclic amines) is 1. The number of nitrogens with two attached hydrogens (primary N) is 1. The Labute approximate surface area is 88.3 Å². The molecule has 0 aromatic rings. The smallest absolute Gasteiger partial charge is 0.306 e. The SMILES string of the molecule is CN1CCC(C(=O)NNC(=O)NN)CC1. The van der Waals surface area contributed by atoms with Crippen molar-refractivity contribution in [3.8, 4) is 0 Å². The van der Waals surface area contributed by atoms with E-state index in [1.807, 2.05) is 12.5 Å². The van der Waals surface area contributed by atoms with E-state index in [2.05, 4.69) is 15.8 Å². The summed E-state index contributed by atoms with van der Waals surface area (Å²) in [4.78, 5) is 24.4. The topological polar surface area (TPSA) is 99.5 Å². The number of piperidine rings is 1. The Bertz CT molecular complexity index is 237. The summed E-state index contributed by atoms with van der Waals surface area (Å²) in [6.45, 7) is 1.81. The van der Waals surface area contributed by atoms with Crippen molar-refractivity contribution in [3.05, 3.63) is 0 Å². The first-order valence-corrected chi connectivity index (χ1v) is 4.88. The molecule has 5 N–H and O–H groups in total. The summed E-state index contributed by atoms with van der Waals surface area (Å²) in [6, 6.07) is -0.628. The second kappa shape index (κ2) is 5.52. The molecule has 86 valence electrons. The van der Waals surface area contributed by atoms with Gasteiger partial charge in [-0.1, -0.05) is 0 Å². The van der Waals surface area contributed by atoms with Crippen molar-refractivity contribution >= 4 is 11.9 Å². The van der Waals surface area contributed by atoms with Gasteiger partial charge in [-0.2, -0.15) is 0 Å². The second-order valence-corrected chi connectivity index (χ2v) is 3.67. The van der Waals surface area contributed by atoms with E-state index in [4.69, 9.17) is 5.84 Å². The zero-order chi connectivity index (χ0) is 11.3. The minimum Gasteiger partial charge on any atom is -0.306 e. The Morgan fingerprint density at radius 2 is 1.87 bits per heavy atom. The van der Waals surface area contributed by atoms with Crippen LogP contribution in [0.4, 0.5) is 4.79 Å². The van der Waals surface area contributed by atoms with Crippen molar-refractivity contribution in [3.63, 3.8) is 0 Å². The number of amides is 3. The van der Waals surface area contributed by atoms with Gasteiger partial charge in [-0.3, -0.25) is 15.6 Å². The van der Waals surface area contributed by atoms with E-state index >= 15 is 0 Å². The van der Waals surface area contributed by atoms with Gasteiger partial charge in [0.1, 0.15) is 0 Å². The van der Waals surface area contributed by atoms with Crippen LogP contribution in [0.15, 0.2) is 0 Å². The summed E-state index contributed by atoms with van der Waals surface area (Å²) in [5.41, 5.74) is 6.33. The first kappa shape index (κ1) is 11.7. The van der Waals surface area contributed by atoms with Crippen LogP contribution >= 0.6 is 0 Å². The van der Waals surface area contributed by atoms with E-state index in [1.165, 1.54) is 0 Å². The number of hydrogen-bond acceptors (Lipinski definition) is 4. The summed E-state index contributed by atoms with van der Waals surface area (Å²) in [7, 11) is 2.02. The van der Waals surface area contributed by atoms with E-state index in [9.17, 15) is 9.59 Å². The molecule has 0 aliphatic carbocycles. The van der Waals surface area contributed by atoms with Gasteiger partial charge in [-0.25, -0.2) is 16.1 Å². The van der Waals surface area contributed by atoms with Crippen LogP contribution in [0.3, 0.4) is 0 Å². The van der Waals surface area contributed by atoms with Gasteiger partial charge in [0, 0.05) is 5.92 Å². The molecular formula is C8H17N5O2. The zero-order valence-corrected chi connectivity index (χ0v) is 8.75. The molecule has 15 heavy (non-hydrogen) atoms. The summed E-state index contributed by atoms with van der Waals surface area (Å²) in [5, 5.41) is 0. The predicted octanol–water partition coefficient (Wildman–Crippen LogP) is -1.47. The summed E-state index contributed by atoms with van der Waals surface area (Å²) >= 11 is 0. The number of urea groups is 1. The molecular weight excluding hydrogens is 198 g/mol. The number of rotatable bonds is 1. The fraction of sp³-hybridized carbons (Fsp3) is 0.750. The predicted molar refractivity (Wildman–Crippen MR) is 54.2 cm³/mol. The molecule has 1 aliphatic rings. The van der Waals surface area contributed by atoms with Crippen LogP contribution in [0.5, 0.6) is 0 Å². The van der Waals surface area contributed by atoms with Crippen LogP contribution in [-0.4, -0.2) is 37.0 Å². The highest BCUT2D eigenvalue weighted by Gasteiger charge is 2.23. The number of nitrogens with zero attached hydrogens (tertiary/aromatic N) is 1. The monoisotopic (exact) mass is 215 g/mol. The fourth-order valence-corrected chi connectivity index (χ4v) is 1.53. The van der Waals surface area contributed by atoms with Gasteiger partial charge in [-0.15, -0.1) is 0 Å². The molecule has 1 fully saturated rings. The Balaban J connectivity index is 2.25. The van der Waals surface area contributed by atoms with E-state index in [-0.39, 0.29) is 11.8 Å². The average molecular weight is 215 g/mol. The molecule has 0 aromatic carbocycles. The molecule has 0 atom stereocenters. The maximum Gasteiger partial charge on any atom is 0.347 e. The lowest BCUT2D eigenvalue weighted by atomic mass is 9.97. The van der Waals surface area contributed by atoms with Gasteiger partial charge in [0.2, 0.25) is 5.91 Å². The highest BCUT2D eigenvalue weighted by atomic mass is 16.2. The number of nitrogens with one attached hydrogen (secondary N) is 3. The second-order valence-electron chi connectivity index (χ2n) is 3.67. The van der Waals surface area contributed by atoms with Crippen molar-refractivity contribution in [2.75, 3.05) is 20.1 Å². The number of hydrazine groups is 2. The summed E-state index contributed by atoms with van der Waals surface area (Å²) in [6.07, 6.45) is 1.63. The molecule has 1 aliphatic heterocycles. The molecule has 3 amide bonds. The molecule has 0 bridgehead atoms. The van der Waals surface area contributed by atoms with Crippen molar-refractivity contribution in [2.45, 2.75) is 12.8 Å². The standard InChI is InChI=1S/C8H17N5O2/c1-13-4-2-6(3-5-13)7(14)11-12-8(15)10-9/h6H,2-5,9H2,1H3,(H,11,14)(H2,10,12,15). The normalized spacial score (nSPS) is 18.3. The molecule has 0 spiro atoms. The Hall–Kier alpha value is -1.34. The molecule has 1 rings (SSSR count). The molecule has 1 saturated heterocycles. The van der Waals surface area contributed by atoms with Crippen LogP contribution in [0, 0.1) is 5.92 Å². The third kappa shape index (κ3) is 3.72. The van der Waals surface area contributed by atoms with E-state index in [0.29, 0.717) is 0 Å². The molecule has 0 unspecified atom stereocenters. The van der Waals surface area contributed by atoms with Crippen molar-refractivity contribution in [1.29, 1.82) is 0 Å². The third-order valence-corrected chi connectivity index (χ3v) is 2.52. The molecule has 7 nitrogen and oxygen atoms in total. The lowest BCUT2D eigenvalue weighted by molar-refractivity contribution is -0.127. The van der Waals surface area contributed by atoms with Crippen LogP contribution < -0.4 is 22.1 Å². The Morgan fingerprint density at radius 3 is 2.40 bits per heavy atom. The Kier molecular flexibility index (Phi) is 4.32. The quantitative estimate of drug-likeness (QED) is 0.244. The van der Waals surface area contributed by atoms with Crippen molar-refractivity contribution in [1.82, 2.24) is 21.2 Å². The minimum atomic E-state index is -0.628. The number of carbonyl (C=O) groups excluding carboxylic acids is 2. The van der Waals surface area contributed by atoms with Gasteiger partial charge in [0.15, 0.2) is 0 Å². The molecule has 7 heteroatoms. The highest BCUT2D eigenvalue weighted by Crippen LogP contribution is 2.15. The van der Waals surface area contributed by atoms with Crippen LogP contribution in [0.1, 0.15) is 12.8 Å². The van der Waals surface area contributed by atoms with E-state index in [1.54, 1.807) is 0 Å². The number of carbonyl (C=O) groups is 2. The van der Waals surface area contributed by atoms with E-state index in [0.717, 1.165) is 25.9 Å². The average Bonchev–Trinajstić information content (AvgIpc) is 2.26. The highest BCUT2D eigenvalue weighted by molar-refractivity contribution is 5.82. The third-order valence-electron chi connectivity index (χ3n) is 2.52. The van der Waals surface area contributed by atoms with Crippen molar-refractivity contribution in [2.24, 2.45) is 11.8 Å². The van der Waals surface area contributed by atoms with Gasteiger partial charge >= 0.3 is 6.03 Å². The molecule has 0 saturated carbocycles. The van der Waals surface area contributed by atoms with Gasteiger partial charge in [-0.05, 0) is 33.0 Å². The lowest BCUT2D eigenvalue weighted by Gasteiger charge is -2.27. The largest absolute Gasteiger partial charge is 0.347 e. The van der Waals surface area contributed by atoms with Gasteiger partial charge in [0.25, 0.3) is 0 Å². The maximum atomic E-state index is 11.5. The minimum absolute atomic E-state index is 0.0284. The van der Waals surface area contributed by atoms with Crippen LogP contribution in [0.25, 0.3) is 0 Å². The molecule has 0 radical (unpaired) electrons. The Morgan fingerprint density at radius 1 is 1.27 bits per heavy atom. The van der Waals surface area contributed by atoms with Gasteiger partial charge in [0.05, 0.1) is 0 Å². The van der Waals surface area contributed by atoms with Crippen LogP contribution in [0.2, 0.25) is 0 Å². The summed E-state index contributed by atoms with van der Waals surface area (Å²) < 4.78 is 0. The van der Waals surface area contributed by atoms with E-state index < -0.39 is 6.03 Å². The summed E-state index contributed by atoms with van der Waals surface area (Å²) in [5.74, 6) is 4.65. The first-order chi connectivity index (χ1) is 7.13. The first-order valence-electron chi connectivity index (χ1n) is 4.88. The zero-order valence-electron chi connectivity index (χ0n) is 8.75. The lowest BCUT2D eigenvalue weighted by Crippen LogP contribution is -2.51. The molecule has 0 aromatic heterocycles. The van der Waals surface area contributed by atoms with Crippen LogP contribution in [-0.2, 0) is 4.79 Å². The van der Waals surface area contributed by atoms with Crippen molar-refractivity contribution < 1.29 is 9.59 Å². The number of hydrogen-bond donors (Lipinski definition) is 4. The fourth-order valence-electron chi connectivity index (χ4n) is 1.53.